The van der Waals surface area contributed by atoms with Crippen LogP contribution in [0.3, 0.4) is 0 Å². The fourth-order valence-corrected chi connectivity index (χ4v) is 3.88. The molecule has 5 N–H and O–H groups in total. The molecule has 2 aliphatic rings. The molecule has 1 atom stereocenters. The average Bonchev–Trinajstić information content (AvgIpc) is 3.15. The largest absolute Gasteiger partial charge is 0.495 e. The number of piperidine rings is 1. The van der Waals surface area contributed by atoms with Gasteiger partial charge in [-0.2, -0.15) is 5.10 Å². The lowest BCUT2D eigenvalue weighted by Crippen LogP contribution is -2.52. The normalized spacial score (nSPS) is 22.5. The van der Waals surface area contributed by atoms with Gasteiger partial charge in [-0.15, -0.1) is 0 Å². The first-order valence-electron chi connectivity index (χ1n) is 9.66. The van der Waals surface area contributed by atoms with Gasteiger partial charge in [-0.1, -0.05) is 11.6 Å². The highest BCUT2D eigenvalue weighted by atomic mass is 35.5. The molecule has 29 heavy (non-hydrogen) atoms. The summed E-state index contributed by atoms with van der Waals surface area (Å²) in [5.74, 6) is 0.202. The number of hydrogen-bond donors (Lipinski definition) is 4. The monoisotopic (exact) mass is 415 g/mol. The van der Waals surface area contributed by atoms with Gasteiger partial charge in [0.1, 0.15) is 11.6 Å². The Balaban J connectivity index is 1.69. The summed E-state index contributed by atoms with van der Waals surface area (Å²) in [6.45, 7) is 1.97. The van der Waals surface area contributed by atoms with Crippen LogP contribution < -0.4 is 26.4 Å². The number of rotatable bonds is 4. The van der Waals surface area contributed by atoms with E-state index < -0.39 is 5.79 Å². The Bertz CT molecular complexity index is 948. The van der Waals surface area contributed by atoms with Crippen molar-refractivity contribution in [2.45, 2.75) is 24.7 Å². The minimum Gasteiger partial charge on any atom is -0.495 e. The lowest BCUT2D eigenvalue weighted by atomic mass is 10.0. The summed E-state index contributed by atoms with van der Waals surface area (Å²) in [6, 6.07) is 5.77. The number of hydrogen-bond acceptors (Lipinski definition) is 7. The summed E-state index contributed by atoms with van der Waals surface area (Å²) in [4.78, 5) is 4.89. The number of ether oxygens (including phenoxy) is 1. The van der Waals surface area contributed by atoms with Crippen LogP contribution in [0.25, 0.3) is 5.57 Å². The Morgan fingerprint density at radius 2 is 2.14 bits per heavy atom. The van der Waals surface area contributed by atoms with Gasteiger partial charge in [-0.25, -0.2) is 4.99 Å². The Kier molecular flexibility index (Phi) is 5.49. The number of nitrogens with zero attached hydrogens (tertiary/aromatic N) is 3. The fraction of sp³-hybridized carbons (Fsp3) is 0.400. The summed E-state index contributed by atoms with van der Waals surface area (Å²) in [5, 5.41) is 15.0. The number of aromatic nitrogens is 2. The second kappa shape index (κ2) is 8.06. The number of nitrogens with one attached hydrogen (secondary N) is 3. The van der Waals surface area contributed by atoms with Gasteiger partial charge in [0.15, 0.2) is 0 Å². The molecule has 0 spiro atoms. The molecule has 3 heterocycles. The van der Waals surface area contributed by atoms with Crippen LogP contribution in [0, 0.1) is 0 Å². The topological polar surface area (TPSA) is 102 Å². The summed E-state index contributed by atoms with van der Waals surface area (Å²) in [5.41, 5.74) is 9.31. The minimum atomic E-state index is -1.14. The molecule has 1 fully saturated rings. The number of halogens is 1. The zero-order valence-corrected chi connectivity index (χ0v) is 17.3. The van der Waals surface area contributed by atoms with E-state index in [1.54, 1.807) is 23.9 Å². The smallest absolute Gasteiger partial charge is 0.211 e. The van der Waals surface area contributed by atoms with Crippen molar-refractivity contribution in [3.05, 3.63) is 52.9 Å². The highest BCUT2D eigenvalue weighted by Crippen LogP contribution is 2.31. The van der Waals surface area contributed by atoms with E-state index in [9.17, 15) is 0 Å². The standard InChI is InChI=1S/C20H26ClN7O/c1-28-12-13(10-25-28)16-11-24-20(22,14-3-4-18(29-2)17(21)9-14)27-19(16)26-15-5-7-23-8-6-15/h3-4,9-12,15,23-24H,5-8,22H2,1-2H3,(H,26,27). The van der Waals surface area contributed by atoms with E-state index in [0.717, 1.165) is 48.5 Å². The molecule has 0 radical (unpaired) electrons. The Morgan fingerprint density at radius 3 is 2.79 bits per heavy atom. The van der Waals surface area contributed by atoms with Crippen molar-refractivity contribution in [2.75, 3.05) is 20.2 Å². The molecule has 8 nitrogen and oxygen atoms in total. The molecule has 9 heteroatoms. The molecule has 0 saturated carbocycles. The molecule has 1 aromatic heterocycles. The van der Waals surface area contributed by atoms with Crippen molar-refractivity contribution < 1.29 is 4.74 Å². The first-order valence-corrected chi connectivity index (χ1v) is 10.0. The summed E-state index contributed by atoms with van der Waals surface area (Å²) in [7, 11) is 3.48. The predicted molar refractivity (Wildman–Crippen MR) is 115 cm³/mol. The van der Waals surface area contributed by atoms with Gasteiger partial charge in [0.05, 0.1) is 18.3 Å². The van der Waals surface area contributed by atoms with E-state index in [1.165, 1.54) is 0 Å². The fourth-order valence-electron chi connectivity index (χ4n) is 3.62. The van der Waals surface area contributed by atoms with Gasteiger partial charge in [0.2, 0.25) is 5.79 Å². The average molecular weight is 416 g/mol. The first-order chi connectivity index (χ1) is 14.0. The van der Waals surface area contributed by atoms with Crippen molar-refractivity contribution in [2.24, 2.45) is 17.8 Å². The molecule has 2 aromatic rings. The Morgan fingerprint density at radius 1 is 1.34 bits per heavy atom. The van der Waals surface area contributed by atoms with Gasteiger partial charge in [-0.05, 0) is 44.1 Å². The van der Waals surface area contributed by atoms with Crippen molar-refractivity contribution in [1.82, 2.24) is 25.7 Å². The molecule has 4 rings (SSSR count). The summed E-state index contributed by atoms with van der Waals surface area (Å²) >= 11 is 6.32. The molecule has 0 amide bonds. The third-order valence-corrected chi connectivity index (χ3v) is 5.56. The number of amidine groups is 1. The van der Waals surface area contributed by atoms with Crippen molar-refractivity contribution in [3.8, 4) is 5.75 Å². The van der Waals surface area contributed by atoms with Gasteiger partial charge in [0, 0.05) is 42.2 Å². The van der Waals surface area contributed by atoms with Crippen LogP contribution in [0.4, 0.5) is 0 Å². The molecule has 0 bridgehead atoms. The number of aliphatic imine (C=N–C) groups is 1. The zero-order chi connectivity index (χ0) is 20.4. The lowest BCUT2D eigenvalue weighted by molar-refractivity contribution is 0.395. The van der Waals surface area contributed by atoms with Crippen LogP contribution in [-0.2, 0) is 12.8 Å². The number of aryl methyl sites for hydroxylation is 1. The first kappa shape index (κ1) is 19.8. The van der Waals surface area contributed by atoms with Crippen LogP contribution in [0.5, 0.6) is 5.75 Å². The van der Waals surface area contributed by atoms with Crippen molar-refractivity contribution in [3.63, 3.8) is 0 Å². The maximum Gasteiger partial charge on any atom is 0.211 e. The van der Waals surface area contributed by atoms with E-state index in [4.69, 9.17) is 27.1 Å². The van der Waals surface area contributed by atoms with E-state index in [2.05, 4.69) is 21.0 Å². The van der Waals surface area contributed by atoms with E-state index in [-0.39, 0.29) is 0 Å². The van der Waals surface area contributed by atoms with Crippen molar-refractivity contribution in [1.29, 1.82) is 0 Å². The van der Waals surface area contributed by atoms with E-state index in [0.29, 0.717) is 16.8 Å². The zero-order valence-electron chi connectivity index (χ0n) is 16.6. The van der Waals surface area contributed by atoms with Crippen LogP contribution >= 0.6 is 11.6 Å². The maximum atomic E-state index is 6.67. The van der Waals surface area contributed by atoms with Gasteiger partial charge < -0.3 is 20.7 Å². The van der Waals surface area contributed by atoms with Gasteiger partial charge in [0.25, 0.3) is 0 Å². The molecule has 1 aromatic carbocycles. The van der Waals surface area contributed by atoms with Crippen LogP contribution in [0.15, 0.2) is 41.8 Å². The van der Waals surface area contributed by atoms with E-state index in [1.807, 2.05) is 31.7 Å². The molecule has 1 saturated heterocycles. The number of nitrogens with two attached hydrogens (primary N) is 1. The maximum absolute atomic E-state index is 6.67. The lowest BCUT2D eigenvalue weighted by Gasteiger charge is -2.34. The molecule has 154 valence electrons. The predicted octanol–water partition coefficient (Wildman–Crippen LogP) is 1.54. The third kappa shape index (κ3) is 4.10. The van der Waals surface area contributed by atoms with Crippen LogP contribution in [-0.4, -0.2) is 41.9 Å². The molecule has 0 aliphatic carbocycles. The summed E-state index contributed by atoms with van der Waals surface area (Å²) < 4.78 is 7.02. The van der Waals surface area contributed by atoms with Crippen LogP contribution in [0.1, 0.15) is 24.0 Å². The van der Waals surface area contributed by atoms with Crippen LogP contribution in [0.2, 0.25) is 5.02 Å². The van der Waals surface area contributed by atoms with Crippen molar-refractivity contribution >= 4 is 23.0 Å². The molecular formula is C20H26ClN7O. The molecule has 2 aliphatic heterocycles. The second-order valence-electron chi connectivity index (χ2n) is 7.35. The van der Waals surface area contributed by atoms with Gasteiger partial charge >= 0.3 is 0 Å². The number of methoxy groups -OCH3 is 1. The SMILES string of the molecule is COc1ccc(C2(N)N=C(NC3CCNCC3)C(c3cnn(C)c3)=CN2)cc1Cl. The Hall–Kier alpha value is -2.55. The van der Waals surface area contributed by atoms with Gasteiger partial charge in [-0.3, -0.25) is 10.4 Å². The second-order valence-corrected chi connectivity index (χ2v) is 7.76. The molecular weight excluding hydrogens is 390 g/mol. The Labute approximate surface area is 175 Å². The minimum absolute atomic E-state index is 0.330. The third-order valence-electron chi connectivity index (χ3n) is 5.27. The molecule has 1 unspecified atom stereocenters. The number of benzene rings is 1. The highest BCUT2D eigenvalue weighted by molar-refractivity contribution is 6.32. The van der Waals surface area contributed by atoms with E-state index >= 15 is 0 Å². The quantitative estimate of drug-likeness (QED) is 0.604. The summed E-state index contributed by atoms with van der Waals surface area (Å²) in [6.07, 6.45) is 7.73. The highest BCUT2D eigenvalue weighted by Gasteiger charge is 2.32.